The first kappa shape index (κ1) is 13.6. The number of aromatic nitrogens is 2. The monoisotopic (exact) mass is 294 g/mol. The number of carbonyl (C=O) groups excluding carboxylic acids is 1. The van der Waals surface area contributed by atoms with Crippen molar-refractivity contribution in [3.63, 3.8) is 0 Å². The third kappa shape index (κ3) is 2.89. The van der Waals surface area contributed by atoms with Crippen LogP contribution in [-0.4, -0.2) is 22.6 Å². The minimum absolute atomic E-state index is 0.0395. The van der Waals surface area contributed by atoms with Gasteiger partial charge in [-0.1, -0.05) is 5.16 Å². The molecule has 1 unspecified atom stereocenters. The highest BCUT2D eigenvalue weighted by Gasteiger charge is 2.24. The number of amides is 1. The van der Waals surface area contributed by atoms with Crippen LogP contribution in [0, 0.1) is 11.6 Å². The van der Waals surface area contributed by atoms with Gasteiger partial charge < -0.3 is 15.2 Å². The first-order valence-corrected chi connectivity index (χ1v) is 6.47. The van der Waals surface area contributed by atoms with Gasteiger partial charge in [0.25, 0.3) is 11.7 Å². The molecule has 0 spiro atoms. The lowest BCUT2D eigenvalue weighted by Gasteiger charge is -2.03. The van der Waals surface area contributed by atoms with Gasteiger partial charge in [-0.25, -0.2) is 8.78 Å². The zero-order chi connectivity index (χ0) is 14.8. The maximum atomic E-state index is 13.1. The Hall–Kier alpha value is -2.35. The highest BCUT2D eigenvalue weighted by atomic mass is 19.2. The Morgan fingerprint density at radius 3 is 2.95 bits per heavy atom. The van der Waals surface area contributed by atoms with Crippen molar-refractivity contribution < 1.29 is 18.1 Å². The molecule has 1 atom stereocenters. The lowest BCUT2D eigenvalue weighted by Crippen LogP contribution is -2.16. The summed E-state index contributed by atoms with van der Waals surface area (Å²) in [6.45, 7) is 0.865. The molecule has 1 aliphatic heterocycles. The van der Waals surface area contributed by atoms with E-state index in [0.29, 0.717) is 5.89 Å². The molecular formula is C13H12F2N4O2. The molecule has 0 radical (unpaired) electrons. The zero-order valence-electron chi connectivity index (χ0n) is 10.9. The summed E-state index contributed by atoms with van der Waals surface area (Å²) in [7, 11) is 0. The van der Waals surface area contributed by atoms with E-state index >= 15 is 0 Å². The molecule has 8 heteroatoms. The minimum atomic E-state index is -1.04. The third-order valence-electron chi connectivity index (χ3n) is 3.18. The van der Waals surface area contributed by atoms with Crippen LogP contribution >= 0.6 is 0 Å². The van der Waals surface area contributed by atoms with Gasteiger partial charge in [0.2, 0.25) is 5.89 Å². The predicted molar refractivity (Wildman–Crippen MR) is 68.6 cm³/mol. The summed E-state index contributed by atoms with van der Waals surface area (Å²) in [5, 5.41) is 9.14. The molecule has 1 saturated heterocycles. The Kier molecular flexibility index (Phi) is 3.61. The van der Waals surface area contributed by atoms with E-state index in [1.54, 1.807) is 0 Å². The summed E-state index contributed by atoms with van der Waals surface area (Å²) in [4.78, 5) is 15.9. The standard InChI is InChI=1S/C13H12F2N4O2/c14-8-4-3-7(6-9(8)15)17-12(20)11-18-13(21-19-11)10-2-1-5-16-10/h3-4,6,10,16H,1-2,5H2,(H,17,20). The van der Waals surface area contributed by atoms with E-state index in [2.05, 4.69) is 20.8 Å². The van der Waals surface area contributed by atoms with E-state index in [1.165, 1.54) is 6.07 Å². The Bertz CT molecular complexity index is 668. The molecule has 0 saturated carbocycles. The van der Waals surface area contributed by atoms with Crippen molar-refractivity contribution in [1.29, 1.82) is 0 Å². The van der Waals surface area contributed by atoms with Crippen molar-refractivity contribution in [3.8, 4) is 0 Å². The van der Waals surface area contributed by atoms with Gasteiger partial charge >= 0.3 is 0 Å². The molecule has 110 valence electrons. The number of nitrogens with one attached hydrogen (secondary N) is 2. The van der Waals surface area contributed by atoms with E-state index in [0.717, 1.165) is 31.5 Å². The van der Waals surface area contributed by atoms with Crippen LogP contribution in [0.3, 0.4) is 0 Å². The molecule has 0 bridgehead atoms. The van der Waals surface area contributed by atoms with Gasteiger partial charge in [-0.15, -0.1) is 0 Å². The Morgan fingerprint density at radius 2 is 2.24 bits per heavy atom. The second-order valence-electron chi connectivity index (χ2n) is 4.69. The number of carbonyl (C=O) groups is 1. The highest BCUT2D eigenvalue weighted by molar-refractivity contribution is 6.01. The molecule has 2 heterocycles. The van der Waals surface area contributed by atoms with Gasteiger partial charge in [-0.05, 0) is 31.5 Å². The van der Waals surface area contributed by atoms with Crippen LogP contribution in [0.1, 0.15) is 35.4 Å². The van der Waals surface area contributed by atoms with E-state index < -0.39 is 17.5 Å². The van der Waals surface area contributed by atoms with Crippen LogP contribution in [0.5, 0.6) is 0 Å². The second-order valence-corrected chi connectivity index (χ2v) is 4.69. The summed E-state index contributed by atoms with van der Waals surface area (Å²) < 4.78 is 30.9. The van der Waals surface area contributed by atoms with Gasteiger partial charge in [-0.3, -0.25) is 4.79 Å². The number of halogens is 2. The summed E-state index contributed by atoms with van der Waals surface area (Å²) >= 11 is 0. The lowest BCUT2D eigenvalue weighted by atomic mass is 10.2. The van der Waals surface area contributed by atoms with E-state index in [-0.39, 0.29) is 17.6 Å². The number of benzene rings is 1. The van der Waals surface area contributed by atoms with Crippen molar-refractivity contribution in [2.24, 2.45) is 0 Å². The predicted octanol–water partition coefficient (Wildman–Crippen LogP) is 2.02. The quantitative estimate of drug-likeness (QED) is 0.905. The smallest absolute Gasteiger partial charge is 0.297 e. The molecule has 1 aromatic heterocycles. The first-order chi connectivity index (χ1) is 10.1. The zero-order valence-corrected chi connectivity index (χ0v) is 10.9. The molecular weight excluding hydrogens is 282 g/mol. The normalized spacial score (nSPS) is 17.9. The minimum Gasteiger partial charge on any atom is -0.337 e. The van der Waals surface area contributed by atoms with Gasteiger partial charge in [0.1, 0.15) is 0 Å². The summed E-state index contributed by atoms with van der Waals surface area (Å²) in [5.74, 6) is -2.47. The van der Waals surface area contributed by atoms with Crippen LogP contribution in [0.25, 0.3) is 0 Å². The van der Waals surface area contributed by atoms with Gasteiger partial charge in [0.15, 0.2) is 11.6 Å². The number of rotatable bonds is 3. The topological polar surface area (TPSA) is 80.0 Å². The molecule has 2 N–H and O–H groups in total. The average molecular weight is 294 g/mol. The Morgan fingerprint density at radius 1 is 1.38 bits per heavy atom. The van der Waals surface area contributed by atoms with Crippen molar-refractivity contribution in [1.82, 2.24) is 15.5 Å². The molecule has 1 amide bonds. The molecule has 0 aliphatic carbocycles. The largest absolute Gasteiger partial charge is 0.337 e. The van der Waals surface area contributed by atoms with Gasteiger partial charge in [-0.2, -0.15) is 4.98 Å². The van der Waals surface area contributed by atoms with Crippen molar-refractivity contribution in [2.75, 3.05) is 11.9 Å². The van der Waals surface area contributed by atoms with Gasteiger partial charge in [0, 0.05) is 11.8 Å². The Balaban J connectivity index is 1.71. The van der Waals surface area contributed by atoms with Crippen LogP contribution in [0.4, 0.5) is 14.5 Å². The second kappa shape index (κ2) is 5.57. The van der Waals surface area contributed by atoms with Gasteiger partial charge in [0.05, 0.1) is 6.04 Å². The van der Waals surface area contributed by atoms with E-state index in [1.807, 2.05) is 0 Å². The van der Waals surface area contributed by atoms with Crippen molar-refractivity contribution >= 4 is 11.6 Å². The summed E-state index contributed by atoms with van der Waals surface area (Å²) in [6.07, 6.45) is 1.87. The number of nitrogens with zero attached hydrogens (tertiary/aromatic N) is 2. The number of anilines is 1. The van der Waals surface area contributed by atoms with E-state index in [4.69, 9.17) is 4.52 Å². The summed E-state index contributed by atoms with van der Waals surface area (Å²) in [5.41, 5.74) is 0.115. The number of hydrogen-bond donors (Lipinski definition) is 2. The lowest BCUT2D eigenvalue weighted by molar-refractivity contribution is 0.101. The maximum Gasteiger partial charge on any atom is 0.297 e. The average Bonchev–Trinajstić information content (AvgIpc) is 3.12. The van der Waals surface area contributed by atoms with Crippen LogP contribution in [-0.2, 0) is 0 Å². The fourth-order valence-electron chi connectivity index (χ4n) is 2.13. The third-order valence-corrected chi connectivity index (χ3v) is 3.18. The fraction of sp³-hybridized carbons (Fsp3) is 0.308. The summed E-state index contributed by atoms with van der Waals surface area (Å²) in [6, 6.07) is 3.01. The highest BCUT2D eigenvalue weighted by Crippen LogP contribution is 2.21. The van der Waals surface area contributed by atoms with E-state index in [9.17, 15) is 13.6 Å². The molecule has 1 aromatic carbocycles. The molecule has 21 heavy (non-hydrogen) atoms. The van der Waals surface area contributed by atoms with Crippen molar-refractivity contribution in [3.05, 3.63) is 41.5 Å². The fourth-order valence-corrected chi connectivity index (χ4v) is 2.13. The van der Waals surface area contributed by atoms with Crippen LogP contribution in [0.2, 0.25) is 0 Å². The Labute approximate surface area is 118 Å². The van der Waals surface area contributed by atoms with Crippen LogP contribution < -0.4 is 10.6 Å². The SMILES string of the molecule is O=C(Nc1ccc(F)c(F)c1)c1noc(C2CCCN2)n1. The molecule has 1 fully saturated rings. The molecule has 6 nitrogen and oxygen atoms in total. The first-order valence-electron chi connectivity index (χ1n) is 6.47. The van der Waals surface area contributed by atoms with Crippen molar-refractivity contribution in [2.45, 2.75) is 18.9 Å². The molecule has 1 aliphatic rings. The maximum absolute atomic E-state index is 13.1. The molecule has 2 aromatic rings. The number of hydrogen-bond acceptors (Lipinski definition) is 5. The van der Waals surface area contributed by atoms with Crippen LogP contribution in [0.15, 0.2) is 22.7 Å². The molecule has 3 rings (SSSR count).